The number of rotatable bonds is 3. The third kappa shape index (κ3) is 3.37. The fraction of sp³-hybridized carbons (Fsp3) is 0.333. The van der Waals surface area contributed by atoms with E-state index in [1.807, 2.05) is 6.07 Å². The highest BCUT2D eigenvalue weighted by atomic mass is 16.5. The van der Waals surface area contributed by atoms with Gasteiger partial charge in [0, 0.05) is 0 Å². The predicted molar refractivity (Wildman–Crippen MR) is 80.7 cm³/mol. The van der Waals surface area contributed by atoms with Gasteiger partial charge in [0.15, 0.2) is 0 Å². The third-order valence-corrected chi connectivity index (χ3v) is 3.34. The Kier molecular flexibility index (Phi) is 3.94. The molecule has 0 aliphatic rings. The highest BCUT2D eigenvalue weighted by molar-refractivity contribution is 5.38. The molecule has 2 rings (SSSR count). The summed E-state index contributed by atoms with van der Waals surface area (Å²) in [5.74, 6) is 0.984. The van der Waals surface area contributed by atoms with Crippen LogP contribution >= 0.6 is 0 Å². The first-order chi connectivity index (χ1) is 8.98. The van der Waals surface area contributed by atoms with Gasteiger partial charge < -0.3 is 4.74 Å². The summed E-state index contributed by atoms with van der Waals surface area (Å²) in [6.45, 7) is 9.38. The molecule has 19 heavy (non-hydrogen) atoms. The fourth-order valence-corrected chi connectivity index (χ4v) is 2.14. The van der Waals surface area contributed by atoms with Gasteiger partial charge in [0.25, 0.3) is 0 Å². The average molecular weight is 254 g/mol. The number of hydrogen-bond acceptors (Lipinski definition) is 1. The van der Waals surface area contributed by atoms with Crippen LogP contribution in [0, 0.1) is 6.92 Å². The summed E-state index contributed by atoms with van der Waals surface area (Å²) in [5, 5.41) is 0. The van der Waals surface area contributed by atoms with Crippen LogP contribution in [0.4, 0.5) is 0 Å². The van der Waals surface area contributed by atoms with E-state index in [2.05, 4.69) is 70.2 Å². The summed E-state index contributed by atoms with van der Waals surface area (Å²) >= 11 is 0. The Balaban J connectivity index is 2.19. The highest BCUT2D eigenvalue weighted by Gasteiger charge is 2.18. The second kappa shape index (κ2) is 5.48. The molecule has 0 heterocycles. The van der Waals surface area contributed by atoms with Crippen LogP contribution < -0.4 is 4.74 Å². The van der Waals surface area contributed by atoms with Gasteiger partial charge in [0.05, 0.1) is 0 Å². The molecule has 0 radical (unpaired) electrons. The molecule has 0 aliphatic heterocycles. The second-order valence-corrected chi connectivity index (χ2v) is 5.96. The summed E-state index contributed by atoms with van der Waals surface area (Å²) in [4.78, 5) is 0. The monoisotopic (exact) mass is 254 g/mol. The maximum atomic E-state index is 6.03. The molecule has 2 aromatic carbocycles. The molecule has 0 aliphatic carbocycles. The molecule has 0 atom stereocenters. The Hall–Kier alpha value is -1.76. The zero-order valence-electron chi connectivity index (χ0n) is 12.2. The van der Waals surface area contributed by atoms with E-state index in [0.29, 0.717) is 6.61 Å². The number of hydrogen-bond donors (Lipinski definition) is 0. The van der Waals surface area contributed by atoms with Crippen molar-refractivity contribution in [3.63, 3.8) is 0 Å². The standard InChI is InChI=1S/C18H22O/c1-14-9-5-6-10-15(14)13-19-17-12-8-7-11-16(17)18(2,3)4/h5-12H,13H2,1-4H3. The van der Waals surface area contributed by atoms with Crippen LogP contribution in [0.3, 0.4) is 0 Å². The Labute approximate surface area is 116 Å². The average Bonchev–Trinajstić information content (AvgIpc) is 2.37. The normalized spacial score (nSPS) is 11.4. The van der Waals surface area contributed by atoms with E-state index in [4.69, 9.17) is 4.74 Å². The molecule has 0 bridgehead atoms. The van der Waals surface area contributed by atoms with Gasteiger partial charge in [-0.1, -0.05) is 63.2 Å². The maximum absolute atomic E-state index is 6.03. The van der Waals surface area contributed by atoms with Crippen molar-refractivity contribution in [2.24, 2.45) is 0 Å². The van der Waals surface area contributed by atoms with Gasteiger partial charge >= 0.3 is 0 Å². The lowest BCUT2D eigenvalue weighted by Crippen LogP contribution is -2.13. The van der Waals surface area contributed by atoms with Gasteiger partial charge in [0.1, 0.15) is 12.4 Å². The molecule has 0 aromatic heterocycles. The highest BCUT2D eigenvalue weighted by Crippen LogP contribution is 2.31. The first-order valence-corrected chi connectivity index (χ1v) is 6.75. The van der Waals surface area contributed by atoms with Gasteiger partial charge in [0.2, 0.25) is 0 Å². The lowest BCUT2D eigenvalue weighted by molar-refractivity contribution is 0.297. The zero-order chi connectivity index (χ0) is 13.9. The van der Waals surface area contributed by atoms with Crippen molar-refractivity contribution >= 4 is 0 Å². The van der Waals surface area contributed by atoms with Gasteiger partial charge in [-0.3, -0.25) is 0 Å². The summed E-state index contributed by atoms with van der Waals surface area (Å²) < 4.78 is 6.03. The summed E-state index contributed by atoms with van der Waals surface area (Å²) in [6.07, 6.45) is 0. The van der Waals surface area contributed by atoms with Crippen molar-refractivity contribution in [2.45, 2.75) is 39.7 Å². The van der Waals surface area contributed by atoms with Crippen molar-refractivity contribution in [1.82, 2.24) is 0 Å². The largest absolute Gasteiger partial charge is 0.489 e. The topological polar surface area (TPSA) is 9.23 Å². The molecule has 0 saturated heterocycles. The Morgan fingerprint density at radius 3 is 2.21 bits per heavy atom. The molecule has 0 N–H and O–H groups in total. The molecule has 1 nitrogen and oxygen atoms in total. The Morgan fingerprint density at radius 1 is 0.895 bits per heavy atom. The lowest BCUT2D eigenvalue weighted by Gasteiger charge is -2.22. The van der Waals surface area contributed by atoms with Crippen LogP contribution in [0.25, 0.3) is 0 Å². The third-order valence-electron chi connectivity index (χ3n) is 3.34. The molecule has 0 unspecified atom stereocenters. The second-order valence-electron chi connectivity index (χ2n) is 5.96. The van der Waals surface area contributed by atoms with Crippen molar-refractivity contribution in [2.75, 3.05) is 0 Å². The predicted octanol–water partition coefficient (Wildman–Crippen LogP) is 4.87. The van der Waals surface area contributed by atoms with Crippen molar-refractivity contribution in [3.8, 4) is 5.75 Å². The van der Waals surface area contributed by atoms with Crippen LogP contribution in [0.5, 0.6) is 5.75 Å². The molecule has 2 aromatic rings. The first kappa shape index (κ1) is 13.7. The van der Waals surface area contributed by atoms with E-state index >= 15 is 0 Å². The lowest BCUT2D eigenvalue weighted by atomic mass is 9.86. The fourth-order valence-electron chi connectivity index (χ4n) is 2.14. The Morgan fingerprint density at radius 2 is 1.53 bits per heavy atom. The van der Waals surface area contributed by atoms with E-state index in [9.17, 15) is 0 Å². The van der Waals surface area contributed by atoms with E-state index in [0.717, 1.165) is 5.75 Å². The zero-order valence-corrected chi connectivity index (χ0v) is 12.2. The minimum absolute atomic E-state index is 0.0995. The van der Waals surface area contributed by atoms with Crippen LogP contribution in [-0.4, -0.2) is 0 Å². The van der Waals surface area contributed by atoms with E-state index in [1.165, 1.54) is 16.7 Å². The quantitative estimate of drug-likeness (QED) is 0.759. The van der Waals surface area contributed by atoms with Crippen LogP contribution in [-0.2, 0) is 12.0 Å². The van der Waals surface area contributed by atoms with E-state index < -0.39 is 0 Å². The first-order valence-electron chi connectivity index (χ1n) is 6.75. The Bertz CT molecular complexity index is 550. The van der Waals surface area contributed by atoms with Gasteiger partial charge in [-0.25, -0.2) is 0 Å². The summed E-state index contributed by atoms with van der Waals surface area (Å²) in [5.41, 5.74) is 3.87. The van der Waals surface area contributed by atoms with E-state index in [1.54, 1.807) is 0 Å². The minimum atomic E-state index is 0.0995. The molecule has 0 fully saturated rings. The van der Waals surface area contributed by atoms with Gasteiger partial charge in [-0.2, -0.15) is 0 Å². The van der Waals surface area contributed by atoms with Gasteiger partial charge in [-0.05, 0) is 35.1 Å². The molecule has 1 heteroatoms. The molecule has 0 amide bonds. The molecule has 0 spiro atoms. The van der Waals surface area contributed by atoms with Crippen LogP contribution in [0.15, 0.2) is 48.5 Å². The van der Waals surface area contributed by atoms with Crippen LogP contribution in [0.2, 0.25) is 0 Å². The summed E-state index contributed by atoms with van der Waals surface area (Å²) in [6, 6.07) is 16.7. The minimum Gasteiger partial charge on any atom is -0.489 e. The number of ether oxygens (including phenoxy) is 1. The molecule has 0 saturated carbocycles. The smallest absolute Gasteiger partial charge is 0.123 e. The molecular weight excluding hydrogens is 232 g/mol. The van der Waals surface area contributed by atoms with Crippen LogP contribution in [0.1, 0.15) is 37.5 Å². The number of para-hydroxylation sites is 1. The number of aryl methyl sites for hydroxylation is 1. The summed E-state index contributed by atoms with van der Waals surface area (Å²) in [7, 11) is 0. The maximum Gasteiger partial charge on any atom is 0.123 e. The molecule has 100 valence electrons. The van der Waals surface area contributed by atoms with Crippen molar-refractivity contribution < 1.29 is 4.74 Å². The van der Waals surface area contributed by atoms with Crippen molar-refractivity contribution in [1.29, 1.82) is 0 Å². The molecular formula is C18H22O. The number of benzene rings is 2. The van der Waals surface area contributed by atoms with E-state index in [-0.39, 0.29) is 5.41 Å². The SMILES string of the molecule is Cc1ccccc1COc1ccccc1C(C)(C)C. The van der Waals surface area contributed by atoms with Gasteiger partial charge in [-0.15, -0.1) is 0 Å². The van der Waals surface area contributed by atoms with Crippen molar-refractivity contribution in [3.05, 3.63) is 65.2 Å².